The summed E-state index contributed by atoms with van der Waals surface area (Å²) in [6.07, 6.45) is 1.20. The molecule has 0 unspecified atom stereocenters. The number of pyridine rings is 1. The number of non-ortho nitro benzene ring substituents is 1. The van der Waals surface area contributed by atoms with Crippen molar-refractivity contribution in [1.82, 2.24) is 4.98 Å². The average molecular weight is 250 g/mol. The fraction of sp³-hybridized carbons (Fsp3) is 0.0909. The number of halogens is 1. The number of hydrogen-bond acceptors (Lipinski definition) is 5. The molecule has 0 saturated heterocycles. The zero-order valence-electron chi connectivity index (χ0n) is 9.21. The molecular formula is C11H7FN2O4. The molecule has 0 fully saturated rings. The maximum atomic E-state index is 13.6. The number of carbonyl (C=O) groups is 1. The van der Waals surface area contributed by atoms with E-state index in [1.807, 2.05) is 0 Å². The summed E-state index contributed by atoms with van der Waals surface area (Å²) in [5.74, 6) is -1.52. The van der Waals surface area contributed by atoms with Crippen molar-refractivity contribution in [1.29, 1.82) is 0 Å². The van der Waals surface area contributed by atoms with Gasteiger partial charge >= 0.3 is 5.97 Å². The Balaban J connectivity index is 2.92. The van der Waals surface area contributed by atoms with E-state index in [0.29, 0.717) is 0 Å². The Hall–Kier alpha value is -2.57. The van der Waals surface area contributed by atoms with Crippen molar-refractivity contribution < 1.29 is 18.8 Å². The van der Waals surface area contributed by atoms with Crippen LogP contribution in [0.25, 0.3) is 10.8 Å². The van der Waals surface area contributed by atoms with E-state index in [4.69, 9.17) is 0 Å². The van der Waals surface area contributed by atoms with E-state index in [9.17, 15) is 19.3 Å². The summed E-state index contributed by atoms with van der Waals surface area (Å²) in [6, 6.07) is 3.23. The highest BCUT2D eigenvalue weighted by atomic mass is 19.1. The van der Waals surface area contributed by atoms with E-state index in [0.717, 1.165) is 19.2 Å². The highest BCUT2D eigenvalue weighted by molar-refractivity contribution is 6.06. The van der Waals surface area contributed by atoms with Gasteiger partial charge in [-0.1, -0.05) is 0 Å². The molecule has 0 bridgehead atoms. The molecule has 1 aromatic heterocycles. The van der Waals surface area contributed by atoms with Crippen molar-refractivity contribution in [2.75, 3.05) is 7.11 Å². The molecule has 0 aliphatic carbocycles. The number of nitro groups is 1. The van der Waals surface area contributed by atoms with Crippen LogP contribution in [0.3, 0.4) is 0 Å². The molecule has 92 valence electrons. The maximum Gasteiger partial charge on any atom is 0.357 e. The second-order valence-electron chi connectivity index (χ2n) is 3.40. The predicted molar refractivity (Wildman–Crippen MR) is 59.7 cm³/mol. The number of fused-ring (bicyclic) bond motifs is 1. The monoisotopic (exact) mass is 250 g/mol. The fourth-order valence-corrected chi connectivity index (χ4v) is 1.65. The Kier molecular flexibility index (Phi) is 2.88. The highest BCUT2D eigenvalue weighted by Crippen LogP contribution is 2.29. The number of nitro benzene ring substituents is 1. The van der Waals surface area contributed by atoms with Crippen molar-refractivity contribution in [3.05, 3.63) is 46.0 Å². The van der Waals surface area contributed by atoms with Gasteiger partial charge in [-0.2, -0.15) is 0 Å². The van der Waals surface area contributed by atoms with E-state index in [1.165, 1.54) is 12.3 Å². The second-order valence-corrected chi connectivity index (χ2v) is 3.40. The van der Waals surface area contributed by atoms with Crippen LogP contribution in [0, 0.1) is 15.9 Å². The summed E-state index contributed by atoms with van der Waals surface area (Å²) in [7, 11) is 1.12. The van der Waals surface area contributed by atoms with Crippen molar-refractivity contribution in [3.8, 4) is 0 Å². The first-order valence-electron chi connectivity index (χ1n) is 4.86. The minimum absolute atomic E-state index is 0.0420. The van der Waals surface area contributed by atoms with Crippen molar-refractivity contribution in [3.63, 3.8) is 0 Å². The van der Waals surface area contributed by atoms with Crippen LogP contribution in [0.1, 0.15) is 10.5 Å². The normalized spacial score (nSPS) is 10.3. The quantitative estimate of drug-likeness (QED) is 0.463. The molecule has 1 heterocycles. The molecule has 0 N–H and O–H groups in total. The first-order chi connectivity index (χ1) is 8.56. The van der Waals surface area contributed by atoms with Gasteiger partial charge in [-0.25, -0.2) is 14.2 Å². The van der Waals surface area contributed by atoms with E-state index < -0.39 is 16.7 Å². The number of nitrogens with zero attached hydrogens (tertiary/aromatic N) is 2. The number of aromatic nitrogens is 1. The van der Waals surface area contributed by atoms with Crippen LogP contribution in [0.15, 0.2) is 24.4 Å². The van der Waals surface area contributed by atoms with Gasteiger partial charge < -0.3 is 4.74 Å². The Morgan fingerprint density at radius 1 is 1.44 bits per heavy atom. The van der Waals surface area contributed by atoms with Gasteiger partial charge in [-0.3, -0.25) is 10.1 Å². The zero-order valence-corrected chi connectivity index (χ0v) is 9.21. The Morgan fingerprint density at radius 2 is 2.17 bits per heavy atom. The van der Waals surface area contributed by atoms with E-state index in [2.05, 4.69) is 9.72 Å². The van der Waals surface area contributed by atoms with E-state index in [-0.39, 0.29) is 22.2 Å². The van der Waals surface area contributed by atoms with Gasteiger partial charge in [0.25, 0.3) is 5.69 Å². The number of esters is 1. The third-order valence-corrected chi connectivity index (χ3v) is 2.43. The first kappa shape index (κ1) is 11.9. The topological polar surface area (TPSA) is 82.3 Å². The van der Waals surface area contributed by atoms with E-state index >= 15 is 0 Å². The summed E-state index contributed by atoms with van der Waals surface area (Å²) in [5, 5.41) is 10.7. The van der Waals surface area contributed by atoms with Crippen LogP contribution in [-0.4, -0.2) is 23.0 Å². The number of carbonyl (C=O) groups excluding carboxylic acids is 1. The molecule has 2 aromatic rings. The molecule has 2 rings (SSSR count). The van der Waals surface area contributed by atoms with E-state index in [1.54, 1.807) is 0 Å². The SMILES string of the molecule is COC(=O)c1nccc2c(F)ccc([N+](=O)[O-])c12. The Bertz CT molecular complexity index is 657. The molecule has 6 nitrogen and oxygen atoms in total. The largest absolute Gasteiger partial charge is 0.464 e. The first-order valence-corrected chi connectivity index (χ1v) is 4.86. The van der Waals surface area contributed by atoms with Crippen LogP contribution in [0.4, 0.5) is 10.1 Å². The van der Waals surface area contributed by atoms with Gasteiger partial charge in [0.05, 0.1) is 17.4 Å². The molecule has 18 heavy (non-hydrogen) atoms. The standard InChI is InChI=1S/C11H7FN2O4/c1-18-11(15)10-9-6(4-5-13-10)7(12)2-3-8(9)14(16)17/h2-5H,1H3. The summed E-state index contributed by atoms with van der Waals surface area (Å²) in [5.41, 5.74) is -0.666. The smallest absolute Gasteiger partial charge is 0.357 e. The second kappa shape index (κ2) is 4.36. The lowest BCUT2D eigenvalue weighted by atomic mass is 10.1. The summed E-state index contributed by atoms with van der Waals surface area (Å²) in [4.78, 5) is 25.4. The van der Waals surface area contributed by atoms with Crippen LogP contribution in [-0.2, 0) is 4.74 Å². The lowest BCUT2D eigenvalue weighted by Crippen LogP contribution is -2.06. The van der Waals surface area contributed by atoms with Gasteiger partial charge in [0.2, 0.25) is 0 Å². The lowest BCUT2D eigenvalue weighted by Gasteiger charge is -2.05. The minimum atomic E-state index is -0.852. The van der Waals surface area contributed by atoms with Gasteiger partial charge in [-0.15, -0.1) is 0 Å². The van der Waals surface area contributed by atoms with Crippen molar-refractivity contribution >= 4 is 22.4 Å². The van der Waals surface area contributed by atoms with Crippen LogP contribution in [0.5, 0.6) is 0 Å². The molecule has 7 heteroatoms. The molecular weight excluding hydrogens is 243 g/mol. The number of benzene rings is 1. The predicted octanol–water partition coefficient (Wildman–Crippen LogP) is 2.07. The Morgan fingerprint density at radius 3 is 2.78 bits per heavy atom. The minimum Gasteiger partial charge on any atom is -0.464 e. The molecule has 0 radical (unpaired) electrons. The Labute approximate surface area is 100 Å². The summed E-state index contributed by atoms with van der Waals surface area (Å²) >= 11 is 0. The number of methoxy groups -OCH3 is 1. The third-order valence-electron chi connectivity index (χ3n) is 2.43. The molecule has 1 aromatic carbocycles. The summed E-state index contributed by atoms with van der Waals surface area (Å²) in [6.45, 7) is 0. The molecule has 0 amide bonds. The van der Waals surface area contributed by atoms with Crippen LogP contribution in [0.2, 0.25) is 0 Å². The van der Waals surface area contributed by atoms with Gasteiger partial charge in [0.15, 0.2) is 5.69 Å². The van der Waals surface area contributed by atoms with Crippen LogP contribution >= 0.6 is 0 Å². The van der Waals surface area contributed by atoms with Crippen LogP contribution < -0.4 is 0 Å². The highest BCUT2D eigenvalue weighted by Gasteiger charge is 2.22. The number of rotatable bonds is 2. The third kappa shape index (κ3) is 1.75. The maximum absolute atomic E-state index is 13.6. The van der Waals surface area contributed by atoms with Crippen molar-refractivity contribution in [2.45, 2.75) is 0 Å². The molecule has 0 saturated carbocycles. The van der Waals surface area contributed by atoms with Gasteiger partial charge in [-0.05, 0) is 12.1 Å². The van der Waals surface area contributed by atoms with Crippen molar-refractivity contribution in [2.24, 2.45) is 0 Å². The molecule has 0 aliphatic rings. The number of hydrogen-bond donors (Lipinski definition) is 0. The average Bonchev–Trinajstić information content (AvgIpc) is 2.37. The summed E-state index contributed by atoms with van der Waals surface area (Å²) < 4.78 is 18.0. The lowest BCUT2D eigenvalue weighted by molar-refractivity contribution is -0.383. The fourth-order valence-electron chi connectivity index (χ4n) is 1.65. The molecule has 0 spiro atoms. The van der Waals surface area contributed by atoms with Gasteiger partial charge in [0, 0.05) is 17.6 Å². The van der Waals surface area contributed by atoms with Gasteiger partial charge in [0.1, 0.15) is 5.82 Å². The molecule has 0 atom stereocenters. The molecule has 0 aliphatic heterocycles. The zero-order chi connectivity index (χ0) is 13.3. The number of ether oxygens (including phenoxy) is 1.